The number of rotatable bonds is 5. The lowest BCUT2D eigenvalue weighted by Crippen LogP contribution is -2.31. The second kappa shape index (κ2) is 7.07. The van der Waals surface area contributed by atoms with Gasteiger partial charge in [-0.3, -0.25) is 9.48 Å². The minimum Gasteiger partial charge on any atom is -0.348 e. The standard InChI is InChI=1S/C18H19F2N5O/c1-11-6-7-21-24(11)10-18(26)23-12(2)15-9-22-25(13(15)3)17-5-4-14(19)8-16(17)20/h4-9,12H,10H2,1-3H3,(H,23,26)/t12-/m1/s1. The van der Waals surface area contributed by atoms with E-state index in [1.54, 1.807) is 24.0 Å². The second-order valence-corrected chi connectivity index (χ2v) is 6.11. The minimum atomic E-state index is -0.700. The van der Waals surface area contributed by atoms with Gasteiger partial charge in [-0.25, -0.2) is 13.5 Å². The minimum absolute atomic E-state index is 0.114. The maximum Gasteiger partial charge on any atom is 0.242 e. The van der Waals surface area contributed by atoms with E-state index in [-0.39, 0.29) is 24.2 Å². The smallest absolute Gasteiger partial charge is 0.242 e. The van der Waals surface area contributed by atoms with Crippen LogP contribution in [0.25, 0.3) is 5.69 Å². The van der Waals surface area contributed by atoms with Crippen LogP contribution < -0.4 is 5.32 Å². The molecule has 3 aromatic rings. The van der Waals surface area contributed by atoms with E-state index in [1.165, 1.54) is 16.8 Å². The number of halogens is 2. The van der Waals surface area contributed by atoms with E-state index in [4.69, 9.17) is 0 Å². The average molecular weight is 359 g/mol. The van der Waals surface area contributed by atoms with E-state index in [9.17, 15) is 13.6 Å². The quantitative estimate of drug-likeness (QED) is 0.762. The molecule has 2 heterocycles. The molecular weight excluding hydrogens is 340 g/mol. The molecular formula is C18H19F2N5O. The first-order chi connectivity index (χ1) is 12.4. The molecule has 2 aromatic heterocycles. The van der Waals surface area contributed by atoms with Gasteiger partial charge in [-0.15, -0.1) is 0 Å². The van der Waals surface area contributed by atoms with Crippen LogP contribution in [0.2, 0.25) is 0 Å². The lowest BCUT2D eigenvalue weighted by Gasteiger charge is -2.15. The summed E-state index contributed by atoms with van der Waals surface area (Å²) >= 11 is 0. The molecule has 136 valence electrons. The fourth-order valence-corrected chi connectivity index (χ4v) is 2.81. The fourth-order valence-electron chi connectivity index (χ4n) is 2.81. The number of benzene rings is 1. The van der Waals surface area contributed by atoms with Crippen molar-refractivity contribution in [2.45, 2.75) is 33.4 Å². The summed E-state index contributed by atoms with van der Waals surface area (Å²) in [7, 11) is 0. The molecule has 0 spiro atoms. The predicted octanol–water partition coefficient (Wildman–Crippen LogP) is 2.84. The summed E-state index contributed by atoms with van der Waals surface area (Å²) in [4.78, 5) is 12.2. The van der Waals surface area contributed by atoms with Crippen molar-refractivity contribution in [3.05, 3.63) is 65.2 Å². The number of aryl methyl sites for hydroxylation is 1. The Bertz CT molecular complexity index is 947. The number of amides is 1. The van der Waals surface area contributed by atoms with Gasteiger partial charge in [0.25, 0.3) is 0 Å². The zero-order chi connectivity index (χ0) is 18.8. The van der Waals surface area contributed by atoms with Crippen molar-refractivity contribution >= 4 is 5.91 Å². The van der Waals surface area contributed by atoms with Crippen LogP contribution in [0, 0.1) is 25.5 Å². The molecule has 0 aliphatic carbocycles. The van der Waals surface area contributed by atoms with Gasteiger partial charge in [-0.05, 0) is 39.0 Å². The van der Waals surface area contributed by atoms with Gasteiger partial charge in [0, 0.05) is 29.2 Å². The van der Waals surface area contributed by atoms with Crippen LogP contribution in [0.3, 0.4) is 0 Å². The van der Waals surface area contributed by atoms with Crippen molar-refractivity contribution < 1.29 is 13.6 Å². The van der Waals surface area contributed by atoms with Crippen molar-refractivity contribution in [3.63, 3.8) is 0 Å². The molecule has 0 saturated carbocycles. The summed E-state index contributed by atoms with van der Waals surface area (Å²) in [5, 5.41) is 11.1. The Balaban J connectivity index is 1.76. The van der Waals surface area contributed by atoms with E-state index in [0.29, 0.717) is 5.69 Å². The Morgan fingerprint density at radius 3 is 2.65 bits per heavy atom. The SMILES string of the molecule is Cc1ccnn1CC(=O)N[C@H](C)c1cnn(-c2ccc(F)cc2F)c1C. The van der Waals surface area contributed by atoms with Gasteiger partial charge in [0.2, 0.25) is 5.91 Å². The highest BCUT2D eigenvalue weighted by Crippen LogP contribution is 2.22. The van der Waals surface area contributed by atoms with Gasteiger partial charge < -0.3 is 5.32 Å². The van der Waals surface area contributed by atoms with Crippen LogP contribution in [0.1, 0.15) is 29.9 Å². The second-order valence-electron chi connectivity index (χ2n) is 6.11. The fraction of sp³-hybridized carbons (Fsp3) is 0.278. The molecule has 0 aliphatic rings. The van der Waals surface area contributed by atoms with Crippen LogP contribution in [-0.2, 0) is 11.3 Å². The molecule has 1 atom stereocenters. The molecule has 1 aromatic carbocycles. The molecule has 26 heavy (non-hydrogen) atoms. The maximum absolute atomic E-state index is 14.0. The van der Waals surface area contributed by atoms with E-state index in [0.717, 1.165) is 17.3 Å². The number of nitrogens with one attached hydrogen (secondary N) is 1. The lowest BCUT2D eigenvalue weighted by atomic mass is 10.1. The largest absolute Gasteiger partial charge is 0.348 e. The topological polar surface area (TPSA) is 64.7 Å². The molecule has 0 bridgehead atoms. The first-order valence-corrected chi connectivity index (χ1v) is 8.14. The summed E-state index contributed by atoms with van der Waals surface area (Å²) < 4.78 is 30.1. The van der Waals surface area contributed by atoms with E-state index in [2.05, 4.69) is 15.5 Å². The zero-order valence-electron chi connectivity index (χ0n) is 14.7. The van der Waals surface area contributed by atoms with Crippen LogP contribution in [0.4, 0.5) is 8.78 Å². The highest BCUT2D eigenvalue weighted by molar-refractivity contribution is 5.76. The molecule has 1 amide bonds. The molecule has 8 heteroatoms. The Hall–Kier alpha value is -3.03. The maximum atomic E-state index is 14.0. The van der Waals surface area contributed by atoms with E-state index < -0.39 is 11.6 Å². The Labute approximate surface area is 149 Å². The number of carbonyl (C=O) groups excluding carboxylic acids is 1. The van der Waals surface area contributed by atoms with E-state index >= 15 is 0 Å². The van der Waals surface area contributed by atoms with Gasteiger partial charge in [-0.2, -0.15) is 10.2 Å². The third-order valence-electron chi connectivity index (χ3n) is 4.25. The molecule has 0 radical (unpaired) electrons. The summed E-state index contributed by atoms with van der Waals surface area (Å²) in [6, 6.07) is 4.82. The number of nitrogens with zero attached hydrogens (tertiary/aromatic N) is 4. The van der Waals surface area contributed by atoms with Crippen LogP contribution in [0.15, 0.2) is 36.7 Å². The zero-order valence-corrected chi connectivity index (χ0v) is 14.7. The first-order valence-electron chi connectivity index (χ1n) is 8.14. The Morgan fingerprint density at radius 1 is 1.23 bits per heavy atom. The van der Waals surface area contributed by atoms with Crippen molar-refractivity contribution in [1.82, 2.24) is 24.9 Å². The Morgan fingerprint density at radius 2 is 2.00 bits per heavy atom. The summed E-state index contributed by atoms with van der Waals surface area (Å²) in [6.45, 7) is 5.58. The van der Waals surface area contributed by atoms with Crippen LogP contribution >= 0.6 is 0 Å². The Kier molecular flexibility index (Phi) is 4.83. The van der Waals surface area contributed by atoms with Crippen LogP contribution in [-0.4, -0.2) is 25.5 Å². The van der Waals surface area contributed by atoms with Gasteiger partial charge in [-0.1, -0.05) is 0 Å². The average Bonchev–Trinajstić information content (AvgIpc) is 3.14. The number of hydrogen-bond acceptors (Lipinski definition) is 3. The van der Waals surface area contributed by atoms with Gasteiger partial charge >= 0.3 is 0 Å². The molecule has 1 N–H and O–H groups in total. The third kappa shape index (κ3) is 3.49. The third-order valence-corrected chi connectivity index (χ3v) is 4.25. The summed E-state index contributed by atoms with van der Waals surface area (Å²) in [5.74, 6) is -1.54. The highest BCUT2D eigenvalue weighted by atomic mass is 19.1. The molecule has 0 saturated heterocycles. The molecule has 6 nitrogen and oxygen atoms in total. The predicted molar refractivity (Wildman–Crippen MR) is 91.7 cm³/mol. The first kappa shape index (κ1) is 17.8. The van der Waals surface area contributed by atoms with Crippen molar-refractivity contribution in [2.24, 2.45) is 0 Å². The molecule has 3 rings (SSSR count). The van der Waals surface area contributed by atoms with Crippen molar-refractivity contribution in [3.8, 4) is 5.69 Å². The normalized spacial score (nSPS) is 12.2. The molecule has 0 fully saturated rings. The summed E-state index contributed by atoms with van der Waals surface area (Å²) in [6.07, 6.45) is 3.21. The lowest BCUT2D eigenvalue weighted by molar-refractivity contribution is -0.122. The number of aromatic nitrogens is 4. The molecule has 0 unspecified atom stereocenters. The highest BCUT2D eigenvalue weighted by Gasteiger charge is 2.18. The van der Waals surface area contributed by atoms with Gasteiger partial charge in [0.1, 0.15) is 18.0 Å². The monoisotopic (exact) mass is 359 g/mol. The number of carbonyl (C=O) groups is 1. The molecule has 0 aliphatic heterocycles. The van der Waals surface area contributed by atoms with Crippen molar-refractivity contribution in [2.75, 3.05) is 0 Å². The van der Waals surface area contributed by atoms with E-state index in [1.807, 2.05) is 19.9 Å². The summed E-state index contributed by atoms with van der Waals surface area (Å²) in [5.41, 5.74) is 2.46. The van der Waals surface area contributed by atoms with Crippen LogP contribution in [0.5, 0.6) is 0 Å². The number of hydrogen-bond donors (Lipinski definition) is 1. The van der Waals surface area contributed by atoms with Gasteiger partial charge in [0.15, 0.2) is 5.82 Å². The van der Waals surface area contributed by atoms with Crippen molar-refractivity contribution in [1.29, 1.82) is 0 Å². The van der Waals surface area contributed by atoms with Gasteiger partial charge in [0.05, 0.1) is 12.2 Å².